The molecular formula is C11H11FN2O. The second-order valence-electron chi connectivity index (χ2n) is 3.92. The molecule has 4 heteroatoms. The van der Waals surface area contributed by atoms with Crippen molar-refractivity contribution in [2.24, 2.45) is 0 Å². The fourth-order valence-electron chi connectivity index (χ4n) is 1.97. The molecule has 1 aromatic heterocycles. The van der Waals surface area contributed by atoms with Crippen molar-refractivity contribution in [2.75, 3.05) is 0 Å². The average Bonchev–Trinajstić information content (AvgIpc) is 2.99. The second-order valence-corrected chi connectivity index (χ2v) is 3.92. The second kappa shape index (κ2) is 3.03. The monoisotopic (exact) mass is 206 g/mol. The highest BCUT2D eigenvalue weighted by Gasteiger charge is 2.27. The van der Waals surface area contributed by atoms with Crippen LogP contribution in [0.1, 0.15) is 24.7 Å². The Balaban J connectivity index is 2.30. The first-order chi connectivity index (χ1) is 7.29. The predicted molar refractivity (Wildman–Crippen MR) is 53.9 cm³/mol. The van der Waals surface area contributed by atoms with Crippen LogP contribution in [0.4, 0.5) is 4.39 Å². The number of fused-ring (bicyclic) bond motifs is 1. The van der Waals surface area contributed by atoms with Crippen LogP contribution in [0.15, 0.2) is 18.2 Å². The molecule has 0 unspecified atom stereocenters. The van der Waals surface area contributed by atoms with E-state index in [2.05, 4.69) is 4.98 Å². The van der Waals surface area contributed by atoms with Crippen LogP contribution in [0.3, 0.4) is 0 Å². The Hall–Kier alpha value is -1.42. The molecule has 3 rings (SSSR count). The number of imidazole rings is 1. The summed E-state index contributed by atoms with van der Waals surface area (Å²) >= 11 is 0. The Labute approximate surface area is 86.2 Å². The van der Waals surface area contributed by atoms with Gasteiger partial charge in [0.1, 0.15) is 18.2 Å². The molecule has 78 valence electrons. The van der Waals surface area contributed by atoms with E-state index in [1.807, 2.05) is 4.57 Å². The van der Waals surface area contributed by atoms with Crippen LogP contribution < -0.4 is 0 Å². The number of aliphatic hydroxyl groups excluding tert-OH is 1. The highest BCUT2D eigenvalue weighted by atomic mass is 19.1. The molecule has 0 aliphatic heterocycles. The number of benzene rings is 1. The summed E-state index contributed by atoms with van der Waals surface area (Å²) in [7, 11) is 0. The normalized spacial score (nSPS) is 16.1. The Morgan fingerprint density at radius 2 is 2.27 bits per heavy atom. The maximum absolute atomic E-state index is 13.1. The molecular weight excluding hydrogens is 195 g/mol. The lowest BCUT2D eigenvalue weighted by atomic mass is 10.3. The molecule has 1 aliphatic rings. The highest BCUT2D eigenvalue weighted by molar-refractivity contribution is 5.76. The summed E-state index contributed by atoms with van der Waals surface area (Å²) in [6.45, 7) is -0.0905. The van der Waals surface area contributed by atoms with Gasteiger partial charge >= 0.3 is 0 Å². The minimum absolute atomic E-state index is 0.0905. The van der Waals surface area contributed by atoms with Gasteiger partial charge in [-0.15, -0.1) is 0 Å². The molecule has 0 bridgehead atoms. The standard InChI is InChI=1S/C11H11FN2O/c12-7-1-4-9-10(5-7)14(8-2-3-8)11(6-15)13-9/h1,4-5,8,15H,2-3,6H2. The van der Waals surface area contributed by atoms with Crippen LogP contribution in [-0.4, -0.2) is 14.7 Å². The van der Waals surface area contributed by atoms with Crippen molar-refractivity contribution in [3.8, 4) is 0 Å². The van der Waals surface area contributed by atoms with Crippen molar-refractivity contribution in [1.82, 2.24) is 9.55 Å². The molecule has 0 saturated heterocycles. The van der Waals surface area contributed by atoms with Gasteiger partial charge in [0.2, 0.25) is 0 Å². The molecule has 1 N–H and O–H groups in total. The van der Waals surface area contributed by atoms with Gasteiger partial charge in [-0.05, 0) is 31.0 Å². The Morgan fingerprint density at radius 3 is 2.93 bits per heavy atom. The van der Waals surface area contributed by atoms with E-state index in [1.165, 1.54) is 12.1 Å². The highest BCUT2D eigenvalue weighted by Crippen LogP contribution is 2.38. The van der Waals surface area contributed by atoms with Gasteiger partial charge < -0.3 is 9.67 Å². The Bertz CT molecular complexity index is 517. The molecule has 0 spiro atoms. The topological polar surface area (TPSA) is 38.1 Å². The van der Waals surface area contributed by atoms with E-state index in [-0.39, 0.29) is 12.4 Å². The first kappa shape index (κ1) is 8.85. The van der Waals surface area contributed by atoms with Crippen LogP contribution >= 0.6 is 0 Å². The zero-order chi connectivity index (χ0) is 10.4. The molecule has 1 aliphatic carbocycles. The first-order valence-electron chi connectivity index (χ1n) is 5.07. The fraction of sp³-hybridized carbons (Fsp3) is 0.364. The zero-order valence-corrected chi connectivity index (χ0v) is 8.15. The molecule has 1 fully saturated rings. The van der Waals surface area contributed by atoms with E-state index >= 15 is 0 Å². The molecule has 3 nitrogen and oxygen atoms in total. The molecule has 0 amide bonds. The Kier molecular flexibility index (Phi) is 1.79. The van der Waals surface area contributed by atoms with Crippen LogP contribution in [0.2, 0.25) is 0 Å². The van der Waals surface area contributed by atoms with Crippen LogP contribution in [0.5, 0.6) is 0 Å². The molecule has 15 heavy (non-hydrogen) atoms. The third kappa shape index (κ3) is 1.33. The van der Waals surface area contributed by atoms with Gasteiger partial charge in [-0.1, -0.05) is 0 Å². The molecule has 1 saturated carbocycles. The van der Waals surface area contributed by atoms with Gasteiger partial charge in [-0.25, -0.2) is 9.37 Å². The molecule has 0 atom stereocenters. The number of hydrogen-bond donors (Lipinski definition) is 1. The summed E-state index contributed by atoms with van der Waals surface area (Å²) in [6, 6.07) is 4.94. The van der Waals surface area contributed by atoms with Crippen LogP contribution in [0, 0.1) is 5.82 Å². The number of rotatable bonds is 2. The SMILES string of the molecule is OCc1nc2ccc(F)cc2n1C1CC1. The van der Waals surface area contributed by atoms with E-state index in [0.29, 0.717) is 11.9 Å². The summed E-state index contributed by atoms with van der Waals surface area (Å²) in [5, 5.41) is 9.19. The number of nitrogens with zero attached hydrogens (tertiary/aromatic N) is 2. The molecule has 1 aromatic carbocycles. The van der Waals surface area contributed by atoms with Gasteiger partial charge in [0.15, 0.2) is 0 Å². The molecule has 0 radical (unpaired) electrons. The summed E-state index contributed by atoms with van der Waals surface area (Å²) in [4.78, 5) is 4.28. The number of hydrogen-bond acceptors (Lipinski definition) is 2. The van der Waals surface area contributed by atoms with Crippen molar-refractivity contribution in [3.63, 3.8) is 0 Å². The molecule has 2 aromatic rings. The number of aliphatic hydroxyl groups is 1. The maximum atomic E-state index is 13.1. The average molecular weight is 206 g/mol. The quantitative estimate of drug-likeness (QED) is 0.816. The van der Waals surface area contributed by atoms with Crippen molar-refractivity contribution in [2.45, 2.75) is 25.5 Å². The zero-order valence-electron chi connectivity index (χ0n) is 8.15. The smallest absolute Gasteiger partial charge is 0.135 e. The lowest BCUT2D eigenvalue weighted by molar-refractivity contribution is 0.266. The Morgan fingerprint density at radius 1 is 1.47 bits per heavy atom. The third-order valence-corrected chi connectivity index (χ3v) is 2.78. The third-order valence-electron chi connectivity index (χ3n) is 2.78. The van der Waals surface area contributed by atoms with Crippen LogP contribution in [-0.2, 0) is 6.61 Å². The van der Waals surface area contributed by atoms with Gasteiger partial charge in [0.25, 0.3) is 0 Å². The van der Waals surface area contributed by atoms with Gasteiger partial charge in [0.05, 0.1) is 11.0 Å². The van der Waals surface area contributed by atoms with Crippen molar-refractivity contribution in [1.29, 1.82) is 0 Å². The van der Waals surface area contributed by atoms with Gasteiger partial charge in [-0.2, -0.15) is 0 Å². The summed E-state index contributed by atoms with van der Waals surface area (Å²) < 4.78 is 15.1. The van der Waals surface area contributed by atoms with Crippen molar-refractivity contribution in [3.05, 3.63) is 29.8 Å². The van der Waals surface area contributed by atoms with E-state index in [1.54, 1.807) is 6.07 Å². The predicted octanol–water partition coefficient (Wildman–Crippen LogP) is 2.00. The van der Waals surface area contributed by atoms with Crippen molar-refractivity contribution < 1.29 is 9.50 Å². The van der Waals surface area contributed by atoms with E-state index in [0.717, 1.165) is 23.9 Å². The van der Waals surface area contributed by atoms with Gasteiger partial charge in [-0.3, -0.25) is 0 Å². The number of aromatic nitrogens is 2. The largest absolute Gasteiger partial charge is 0.388 e. The molecule has 1 heterocycles. The van der Waals surface area contributed by atoms with Gasteiger partial charge in [0, 0.05) is 6.04 Å². The van der Waals surface area contributed by atoms with E-state index in [9.17, 15) is 9.50 Å². The van der Waals surface area contributed by atoms with E-state index in [4.69, 9.17) is 0 Å². The van der Waals surface area contributed by atoms with Crippen molar-refractivity contribution >= 4 is 11.0 Å². The summed E-state index contributed by atoms with van der Waals surface area (Å²) in [6.07, 6.45) is 2.18. The first-order valence-corrected chi connectivity index (χ1v) is 5.07. The lowest BCUT2D eigenvalue weighted by Crippen LogP contribution is -2.00. The fourth-order valence-corrected chi connectivity index (χ4v) is 1.97. The van der Waals surface area contributed by atoms with Crippen LogP contribution in [0.25, 0.3) is 11.0 Å². The summed E-state index contributed by atoms with van der Waals surface area (Å²) in [5.41, 5.74) is 1.55. The minimum Gasteiger partial charge on any atom is -0.388 e. The lowest BCUT2D eigenvalue weighted by Gasteiger charge is -2.04. The van der Waals surface area contributed by atoms with E-state index < -0.39 is 0 Å². The maximum Gasteiger partial charge on any atom is 0.135 e. The number of halogens is 1. The minimum atomic E-state index is -0.256. The summed E-state index contributed by atoms with van der Waals surface area (Å²) in [5.74, 6) is 0.381.